The maximum absolute atomic E-state index is 12.6. The van der Waals surface area contributed by atoms with Crippen molar-refractivity contribution in [2.45, 2.75) is 24.7 Å². The second-order valence-electron chi connectivity index (χ2n) is 6.45. The quantitative estimate of drug-likeness (QED) is 0.771. The minimum Gasteiger partial charge on any atom is -0.481 e. The molecule has 0 radical (unpaired) electrons. The molecule has 0 fully saturated rings. The molecule has 138 valence electrons. The Hall–Kier alpha value is -2.26. The predicted octanol–water partition coefficient (Wildman–Crippen LogP) is 2.70. The Bertz CT molecular complexity index is 1020. The number of anilines is 1. The number of carbonyl (C=O) groups excluding carboxylic acids is 1. The van der Waals surface area contributed by atoms with Crippen molar-refractivity contribution in [3.05, 3.63) is 29.8 Å². The van der Waals surface area contributed by atoms with E-state index in [1.54, 1.807) is 6.07 Å². The molecular weight excluding hydrogens is 376 g/mol. The van der Waals surface area contributed by atoms with E-state index in [1.165, 1.54) is 12.1 Å². The zero-order chi connectivity index (χ0) is 19.1. The maximum atomic E-state index is 12.6. The number of aliphatic carboxylic acids is 1. The molecule has 2 N–H and O–H groups in total. The largest absolute Gasteiger partial charge is 0.481 e. The van der Waals surface area contributed by atoms with Crippen LogP contribution in [0.1, 0.15) is 19.8 Å². The lowest BCUT2D eigenvalue weighted by molar-refractivity contribution is -0.146. The van der Waals surface area contributed by atoms with Gasteiger partial charge in [-0.05, 0) is 38.0 Å². The van der Waals surface area contributed by atoms with Gasteiger partial charge in [0, 0.05) is 6.26 Å². The number of benzene rings is 1. The number of sulfone groups is 1. The Morgan fingerprint density at radius 1 is 1.31 bits per heavy atom. The van der Waals surface area contributed by atoms with Crippen LogP contribution in [0, 0.1) is 11.8 Å². The highest BCUT2D eigenvalue weighted by Gasteiger charge is 2.35. The van der Waals surface area contributed by atoms with Crippen LogP contribution in [0.15, 0.2) is 34.7 Å². The first-order valence-corrected chi connectivity index (χ1v) is 10.7. The van der Waals surface area contributed by atoms with Crippen LogP contribution in [0.2, 0.25) is 0 Å². The fraction of sp³-hybridized carbons (Fsp3) is 0.353. The monoisotopic (exact) mass is 394 g/mol. The molecule has 1 heterocycles. The summed E-state index contributed by atoms with van der Waals surface area (Å²) in [4.78, 5) is 28.5. The second kappa shape index (κ2) is 6.81. The smallest absolute Gasteiger partial charge is 0.307 e. The number of nitrogens with one attached hydrogen (secondary N) is 1. The number of aromatic nitrogens is 1. The molecular formula is C17H18N2O5S2. The van der Waals surface area contributed by atoms with Crippen molar-refractivity contribution in [1.29, 1.82) is 0 Å². The van der Waals surface area contributed by atoms with Crippen molar-refractivity contribution in [3.63, 3.8) is 0 Å². The Labute approximate surface area is 154 Å². The summed E-state index contributed by atoms with van der Waals surface area (Å²) in [5.74, 6) is -2.79. The van der Waals surface area contributed by atoms with Gasteiger partial charge in [0.1, 0.15) is 0 Å². The van der Waals surface area contributed by atoms with Gasteiger partial charge in [0.25, 0.3) is 0 Å². The Morgan fingerprint density at radius 3 is 2.69 bits per heavy atom. The van der Waals surface area contributed by atoms with Crippen molar-refractivity contribution in [2.24, 2.45) is 11.8 Å². The third-order valence-electron chi connectivity index (χ3n) is 4.42. The highest BCUT2D eigenvalue weighted by molar-refractivity contribution is 7.90. The fourth-order valence-corrected chi connectivity index (χ4v) is 4.63. The lowest BCUT2D eigenvalue weighted by Crippen LogP contribution is -2.35. The molecule has 2 aromatic rings. The number of hydrogen-bond acceptors (Lipinski definition) is 6. The Morgan fingerprint density at radius 2 is 2.04 bits per heavy atom. The van der Waals surface area contributed by atoms with E-state index in [9.17, 15) is 23.1 Å². The van der Waals surface area contributed by atoms with E-state index < -0.39 is 27.6 Å². The Balaban J connectivity index is 1.85. The van der Waals surface area contributed by atoms with Crippen LogP contribution >= 0.6 is 11.3 Å². The molecule has 0 saturated carbocycles. The van der Waals surface area contributed by atoms with Crippen LogP contribution in [0.5, 0.6) is 0 Å². The average Bonchev–Trinajstić information content (AvgIpc) is 2.94. The predicted molar refractivity (Wildman–Crippen MR) is 99.0 cm³/mol. The molecule has 0 saturated heterocycles. The summed E-state index contributed by atoms with van der Waals surface area (Å²) < 4.78 is 23.9. The van der Waals surface area contributed by atoms with E-state index in [4.69, 9.17) is 0 Å². The van der Waals surface area contributed by atoms with E-state index in [0.717, 1.165) is 23.2 Å². The van der Waals surface area contributed by atoms with E-state index >= 15 is 0 Å². The number of carboxylic acid groups (broad SMARTS) is 1. The molecule has 9 heteroatoms. The number of nitrogens with zero attached hydrogens (tertiary/aromatic N) is 1. The SMILES string of the molecule is CC1=CC[C@@H](C(=O)O)[C@@H](C(=O)Nc2nc3ccc(S(C)(=O)=O)cc3s2)C1. The van der Waals surface area contributed by atoms with Gasteiger partial charge in [-0.2, -0.15) is 0 Å². The number of amides is 1. The van der Waals surface area contributed by atoms with Crippen LogP contribution in [0.25, 0.3) is 10.2 Å². The molecule has 26 heavy (non-hydrogen) atoms. The van der Waals surface area contributed by atoms with Crippen LogP contribution in [0.3, 0.4) is 0 Å². The molecule has 0 aliphatic heterocycles. The van der Waals surface area contributed by atoms with Crippen molar-refractivity contribution in [3.8, 4) is 0 Å². The van der Waals surface area contributed by atoms with Crippen LogP contribution in [0.4, 0.5) is 5.13 Å². The number of carbonyl (C=O) groups is 2. The first-order valence-electron chi connectivity index (χ1n) is 7.95. The number of hydrogen-bond donors (Lipinski definition) is 2. The molecule has 0 spiro atoms. The van der Waals surface area contributed by atoms with Gasteiger partial charge >= 0.3 is 5.97 Å². The van der Waals surface area contributed by atoms with E-state index in [1.807, 2.05) is 13.0 Å². The normalized spacial score (nSPS) is 20.6. The second-order valence-corrected chi connectivity index (χ2v) is 9.50. The zero-order valence-corrected chi connectivity index (χ0v) is 15.9. The number of carboxylic acids is 1. The van der Waals surface area contributed by atoms with Gasteiger partial charge in [0.2, 0.25) is 5.91 Å². The van der Waals surface area contributed by atoms with Crippen molar-refractivity contribution in [1.82, 2.24) is 4.98 Å². The van der Waals surface area contributed by atoms with E-state index in [0.29, 0.717) is 28.2 Å². The van der Waals surface area contributed by atoms with Gasteiger partial charge in [-0.3, -0.25) is 9.59 Å². The summed E-state index contributed by atoms with van der Waals surface area (Å²) in [5.41, 5.74) is 1.57. The molecule has 1 aliphatic rings. The molecule has 1 amide bonds. The van der Waals surface area contributed by atoms with Gasteiger partial charge in [-0.1, -0.05) is 23.0 Å². The van der Waals surface area contributed by atoms with Crippen molar-refractivity contribution in [2.75, 3.05) is 11.6 Å². The number of thiazole rings is 1. The van der Waals surface area contributed by atoms with Crippen LogP contribution in [-0.2, 0) is 19.4 Å². The Kier molecular flexibility index (Phi) is 4.85. The molecule has 0 bridgehead atoms. The first kappa shape index (κ1) is 18.5. The van der Waals surface area contributed by atoms with Gasteiger partial charge in [-0.15, -0.1) is 0 Å². The van der Waals surface area contributed by atoms with E-state index in [2.05, 4.69) is 10.3 Å². The van der Waals surface area contributed by atoms with Crippen LogP contribution < -0.4 is 5.32 Å². The first-order chi connectivity index (χ1) is 12.1. The van der Waals surface area contributed by atoms with Gasteiger partial charge in [0.15, 0.2) is 15.0 Å². The molecule has 2 atom stereocenters. The van der Waals surface area contributed by atoms with Crippen LogP contribution in [-0.4, -0.2) is 36.6 Å². The molecule has 3 rings (SSSR count). The summed E-state index contributed by atoms with van der Waals surface area (Å²) in [5, 5.41) is 12.4. The third kappa shape index (κ3) is 3.78. The lowest BCUT2D eigenvalue weighted by Gasteiger charge is -2.26. The topological polar surface area (TPSA) is 113 Å². The number of rotatable bonds is 4. The number of allylic oxidation sites excluding steroid dienone is 2. The summed E-state index contributed by atoms with van der Waals surface area (Å²) in [6, 6.07) is 4.58. The highest BCUT2D eigenvalue weighted by atomic mass is 32.2. The number of fused-ring (bicyclic) bond motifs is 1. The van der Waals surface area contributed by atoms with Crippen molar-refractivity contribution >= 4 is 48.4 Å². The van der Waals surface area contributed by atoms with Crippen molar-refractivity contribution < 1.29 is 23.1 Å². The van der Waals surface area contributed by atoms with E-state index in [-0.39, 0.29) is 10.8 Å². The third-order valence-corrected chi connectivity index (χ3v) is 6.46. The summed E-state index contributed by atoms with van der Waals surface area (Å²) in [7, 11) is -3.33. The molecule has 1 aromatic heterocycles. The molecule has 1 aliphatic carbocycles. The summed E-state index contributed by atoms with van der Waals surface area (Å²) in [6.07, 6.45) is 3.71. The highest BCUT2D eigenvalue weighted by Crippen LogP contribution is 2.33. The standard InChI is InChI=1S/C17H18N2O5S2/c1-9-3-5-11(16(21)22)12(7-9)15(20)19-17-18-13-6-4-10(26(2,23)24)8-14(13)25-17/h3-4,6,8,11-12H,5,7H2,1-2H3,(H,21,22)(H,18,19,20)/t11-,12+/m1/s1. The van der Waals surface area contributed by atoms with Gasteiger partial charge in [0.05, 0.1) is 26.9 Å². The molecule has 7 nitrogen and oxygen atoms in total. The molecule has 0 unspecified atom stereocenters. The van der Waals surface area contributed by atoms with Gasteiger partial charge in [-0.25, -0.2) is 13.4 Å². The summed E-state index contributed by atoms with van der Waals surface area (Å²) >= 11 is 1.16. The minimum atomic E-state index is -3.33. The fourth-order valence-electron chi connectivity index (χ4n) is 3.00. The minimum absolute atomic E-state index is 0.186. The summed E-state index contributed by atoms with van der Waals surface area (Å²) in [6.45, 7) is 1.88. The maximum Gasteiger partial charge on any atom is 0.307 e. The average molecular weight is 394 g/mol. The van der Waals surface area contributed by atoms with Gasteiger partial charge < -0.3 is 10.4 Å². The molecule has 1 aromatic carbocycles. The zero-order valence-electron chi connectivity index (χ0n) is 14.2. The lowest BCUT2D eigenvalue weighted by atomic mass is 9.79.